The smallest absolute Gasteiger partial charge is 0.258 e. The third-order valence-corrected chi connectivity index (χ3v) is 4.07. The molecule has 0 saturated carbocycles. The maximum Gasteiger partial charge on any atom is 0.258 e. The van der Waals surface area contributed by atoms with Crippen LogP contribution in [0.15, 0.2) is 27.3 Å². The molecule has 6 nitrogen and oxygen atoms in total. The molecular formula is C14H15BrN4O2. The molecule has 0 bridgehead atoms. The number of aromatic nitrogens is 2. The first-order chi connectivity index (χ1) is 10.1. The maximum absolute atomic E-state index is 12.7. The van der Waals surface area contributed by atoms with E-state index in [0.717, 1.165) is 18.5 Å². The van der Waals surface area contributed by atoms with Crippen molar-refractivity contribution < 1.29 is 9.21 Å². The summed E-state index contributed by atoms with van der Waals surface area (Å²) in [6, 6.07) is 5.19. The van der Waals surface area contributed by atoms with E-state index in [-0.39, 0.29) is 11.9 Å². The topological polar surface area (TPSA) is 85.2 Å². The van der Waals surface area contributed by atoms with E-state index in [0.29, 0.717) is 28.4 Å². The van der Waals surface area contributed by atoms with Crippen LogP contribution in [-0.4, -0.2) is 27.5 Å². The van der Waals surface area contributed by atoms with Crippen molar-refractivity contribution in [2.45, 2.75) is 25.8 Å². The Morgan fingerprint density at radius 3 is 2.90 bits per heavy atom. The monoisotopic (exact) mass is 350 g/mol. The van der Waals surface area contributed by atoms with Crippen LogP contribution in [0.4, 0.5) is 5.82 Å². The van der Waals surface area contributed by atoms with E-state index >= 15 is 0 Å². The Kier molecular flexibility index (Phi) is 3.67. The van der Waals surface area contributed by atoms with Crippen molar-refractivity contribution >= 4 is 27.7 Å². The number of furan rings is 1. The molecule has 1 aliphatic rings. The van der Waals surface area contributed by atoms with Gasteiger partial charge < -0.3 is 15.1 Å². The molecule has 2 N–H and O–H groups in total. The van der Waals surface area contributed by atoms with E-state index in [1.807, 2.05) is 11.0 Å². The largest absolute Gasteiger partial charge is 0.454 e. The highest BCUT2D eigenvalue weighted by Crippen LogP contribution is 2.33. The summed E-state index contributed by atoms with van der Waals surface area (Å²) in [5, 5.41) is 7.99. The van der Waals surface area contributed by atoms with Gasteiger partial charge in [-0.15, -0.1) is 5.10 Å². The van der Waals surface area contributed by atoms with E-state index in [2.05, 4.69) is 26.1 Å². The lowest BCUT2D eigenvalue weighted by molar-refractivity contribution is 0.0730. The summed E-state index contributed by atoms with van der Waals surface area (Å²) in [7, 11) is 0. The van der Waals surface area contributed by atoms with Gasteiger partial charge in [0.2, 0.25) is 0 Å². The number of rotatable bonds is 2. The number of anilines is 1. The third-order valence-electron chi connectivity index (χ3n) is 3.68. The first kappa shape index (κ1) is 14.1. The molecule has 0 aliphatic carbocycles. The molecule has 1 aliphatic heterocycles. The van der Waals surface area contributed by atoms with Gasteiger partial charge in [-0.2, -0.15) is 5.10 Å². The molecule has 0 aromatic carbocycles. The summed E-state index contributed by atoms with van der Waals surface area (Å²) in [6.45, 7) is 2.49. The number of aryl methyl sites for hydroxylation is 1. The Morgan fingerprint density at radius 2 is 2.29 bits per heavy atom. The molecule has 7 heteroatoms. The molecule has 21 heavy (non-hydrogen) atoms. The Balaban J connectivity index is 1.88. The molecule has 3 rings (SSSR count). The van der Waals surface area contributed by atoms with Crippen LogP contribution < -0.4 is 5.73 Å². The Hall–Kier alpha value is -1.89. The van der Waals surface area contributed by atoms with E-state index in [1.165, 1.54) is 0 Å². The highest BCUT2D eigenvalue weighted by atomic mass is 79.9. The molecule has 1 atom stereocenters. The molecule has 2 aromatic heterocycles. The lowest BCUT2D eigenvalue weighted by Crippen LogP contribution is -2.31. The van der Waals surface area contributed by atoms with Gasteiger partial charge in [-0.1, -0.05) is 0 Å². The number of hydrogen-bond acceptors (Lipinski definition) is 5. The van der Waals surface area contributed by atoms with Crippen LogP contribution in [0, 0.1) is 6.92 Å². The van der Waals surface area contributed by atoms with E-state index in [4.69, 9.17) is 10.2 Å². The zero-order chi connectivity index (χ0) is 15.0. The first-order valence-corrected chi connectivity index (χ1v) is 7.51. The summed E-state index contributed by atoms with van der Waals surface area (Å²) in [6.07, 6.45) is 1.82. The summed E-state index contributed by atoms with van der Waals surface area (Å²) < 4.78 is 5.94. The number of nitrogens with two attached hydrogens (primary N) is 1. The minimum Gasteiger partial charge on any atom is -0.454 e. The SMILES string of the molecule is Cc1oc(Br)cc1C(=O)N1CCCC1c1ccc(N)nn1. The van der Waals surface area contributed by atoms with E-state index in [9.17, 15) is 4.79 Å². The van der Waals surface area contributed by atoms with Gasteiger partial charge in [0.25, 0.3) is 5.91 Å². The fraction of sp³-hybridized carbons (Fsp3) is 0.357. The average molecular weight is 351 g/mol. The summed E-state index contributed by atoms with van der Waals surface area (Å²) >= 11 is 3.25. The molecule has 1 saturated heterocycles. The standard InChI is InChI=1S/C14H15BrN4O2/c1-8-9(7-12(15)21-8)14(20)19-6-2-3-11(19)10-4-5-13(16)18-17-10/h4-5,7,11H,2-3,6H2,1H3,(H2,16,18). The molecule has 1 unspecified atom stereocenters. The molecule has 2 aromatic rings. The Bertz CT molecular complexity index is 668. The minimum absolute atomic E-state index is 0.0388. The van der Waals surface area contributed by atoms with Crippen LogP contribution in [-0.2, 0) is 0 Å². The van der Waals surface area contributed by atoms with Crippen LogP contribution in [0.5, 0.6) is 0 Å². The quantitative estimate of drug-likeness (QED) is 0.899. The van der Waals surface area contributed by atoms with Crippen molar-refractivity contribution in [1.29, 1.82) is 0 Å². The predicted molar refractivity (Wildman–Crippen MR) is 80.6 cm³/mol. The van der Waals surface area contributed by atoms with Gasteiger partial charge in [-0.05, 0) is 47.8 Å². The average Bonchev–Trinajstić information content (AvgIpc) is 3.05. The summed E-state index contributed by atoms with van der Waals surface area (Å²) in [4.78, 5) is 14.5. The molecule has 110 valence electrons. The molecule has 3 heterocycles. The summed E-state index contributed by atoms with van der Waals surface area (Å²) in [5.41, 5.74) is 6.92. The highest BCUT2D eigenvalue weighted by Gasteiger charge is 2.33. The maximum atomic E-state index is 12.7. The van der Waals surface area contributed by atoms with Crippen molar-refractivity contribution in [2.24, 2.45) is 0 Å². The fourth-order valence-electron chi connectivity index (χ4n) is 2.66. The third kappa shape index (κ3) is 2.65. The number of hydrogen-bond donors (Lipinski definition) is 1. The van der Waals surface area contributed by atoms with Gasteiger partial charge in [0.05, 0.1) is 17.3 Å². The number of amides is 1. The Morgan fingerprint density at radius 1 is 1.48 bits per heavy atom. The van der Waals surface area contributed by atoms with Crippen LogP contribution in [0.25, 0.3) is 0 Å². The van der Waals surface area contributed by atoms with Gasteiger partial charge in [-0.25, -0.2) is 0 Å². The normalized spacial score (nSPS) is 18.2. The second kappa shape index (κ2) is 5.48. The number of nitrogen functional groups attached to an aromatic ring is 1. The zero-order valence-electron chi connectivity index (χ0n) is 11.5. The lowest BCUT2D eigenvalue weighted by Gasteiger charge is -2.23. The molecule has 0 radical (unpaired) electrons. The van der Waals surface area contributed by atoms with Crippen LogP contribution in [0.3, 0.4) is 0 Å². The van der Waals surface area contributed by atoms with Crippen molar-refractivity contribution in [3.63, 3.8) is 0 Å². The van der Waals surface area contributed by atoms with Gasteiger partial charge in [-0.3, -0.25) is 4.79 Å². The van der Waals surface area contributed by atoms with Crippen molar-refractivity contribution in [3.8, 4) is 0 Å². The molecule has 0 spiro atoms. The second-order valence-corrected chi connectivity index (χ2v) is 5.84. The molecule has 1 amide bonds. The van der Waals surface area contributed by atoms with Crippen molar-refractivity contribution in [1.82, 2.24) is 15.1 Å². The zero-order valence-corrected chi connectivity index (χ0v) is 13.1. The number of halogens is 1. The number of likely N-dealkylation sites (tertiary alicyclic amines) is 1. The number of carbonyl (C=O) groups excluding carboxylic acids is 1. The Labute approximate surface area is 130 Å². The van der Waals surface area contributed by atoms with Crippen molar-refractivity contribution in [3.05, 3.63) is 39.9 Å². The number of carbonyl (C=O) groups is 1. The van der Waals surface area contributed by atoms with Gasteiger partial charge >= 0.3 is 0 Å². The van der Waals surface area contributed by atoms with E-state index in [1.54, 1.807) is 19.1 Å². The van der Waals surface area contributed by atoms with Crippen molar-refractivity contribution in [2.75, 3.05) is 12.3 Å². The summed E-state index contributed by atoms with van der Waals surface area (Å²) in [5.74, 6) is 0.952. The fourth-order valence-corrected chi connectivity index (χ4v) is 3.13. The predicted octanol–water partition coefficient (Wildman–Crippen LogP) is 2.70. The van der Waals surface area contributed by atoms with E-state index < -0.39 is 0 Å². The first-order valence-electron chi connectivity index (χ1n) is 6.72. The lowest BCUT2D eigenvalue weighted by atomic mass is 10.1. The van der Waals surface area contributed by atoms with Gasteiger partial charge in [0, 0.05) is 12.6 Å². The second-order valence-electron chi connectivity index (χ2n) is 5.06. The van der Waals surface area contributed by atoms with Crippen LogP contribution in [0.1, 0.15) is 40.7 Å². The minimum atomic E-state index is -0.0568. The molecular weight excluding hydrogens is 336 g/mol. The van der Waals surface area contributed by atoms with Gasteiger partial charge in [0.1, 0.15) is 11.6 Å². The van der Waals surface area contributed by atoms with Gasteiger partial charge in [0.15, 0.2) is 4.67 Å². The van der Waals surface area contributed by atoms with Crippen LogP contribution >= 0.6 is 15.9 Å². The molecule has 1 fully saturated rings. The number of nitrogens with zero attached hydrogens (tertiary/aromatic N) is 3. The van der Waals surface area contributed by atoms with Crippen LogP contribution in [0.2, 0.25) is 0 Å². The highest BCUT2D eigenvalue weighted by molar-refractivity contribution is 9.10.